The van der Waals surface area contributed by atoms with Gasteiger partial charge in [-0.3, -0.25) is 4.79 Å². The molecule has 0 radical (unpaired) electrons. The molecule has 0 unspecified atom stereocenters. The molecular weight excluding hydrogens is 398 g/mol. The highest BCUT2D eigenvalue weighted by Gasteiger charge is 2.26. The fraction of sp³-hybridized carbons (Fsp3) is 0.357. The first-order valence-electron chi connectivity index (χ1n) is 11.1. The number of rotatable bonds is 6. The lowest BCUT2D eigenvalue weighted by Crippen LogP contribution is -2.35. The number of carboxylic acid groups (broad SMARTS) is 1. The van der Waals surface area contributed by atoms with Crippen LogP contribution in [0.2, 0.25) is 0 Å². The maximum atomic E-state index is 12.6. The minimum Gasteiger partial charge on any atom is -0.464 e. The van der Waals surface area contributed by atoms with Crippen LogP contribution in [0.4, 0.5) is 10.5 Å². The van der Waals surface area contributed by atoms with Crippen molar-refractivity contribution in [2.45, 2.75) is 60.8 Å². The molecule has 2 rings (SSSR count). The van der Waals surface area contributed by atoms with Crippen molar-refractivity contribution in [3.8, 4) is 0 Å². The molecule has 1 N–H and O–H groups in total. The normalized spacial score (nSPS) is 17.3. The summed E-state index contributed by atoms with van der Waals surface area (Å²) in [5.41, 5.74) is 5.98. The van der Waals surface area contributed by atoms with E-state index in [1.54, 1.807) is 32.0 Å². The zero-order valence-corrected chi connectivity index (χ0v) is 20.1. The minimum atomic E-state index is -1.30. The van der Waals surface area contributed by atoms with E-state index in [1.807, 2.05) is 31.2 Å². The predicted molar refractivity (Wildman–Crippen MR) is 133 cm³/mol. The van der Waals surface area contributed by atoms with E-state index in [1.165, 1.54) is 36.5 Å². The number of anilines is 1. The van der Waals surface area contributed by atoms with Gasteiger partial charge in [-0.2, -0.15) is 0 Å². The van der Waals surface area contributed by atoms with Gasteiger partial charge in [-0.15, -0.1) is 0 Å². The number of para-hydroxylation sites is 1. The summed E-state index contributed by atoms with van der Waals surface area (Å²) < 4.78 is 0. The lowest BCUT2D eigenvalue weighted by atomic mass is 9.72. The van der Waals surface area contributed by atoms with Crippen LogP contribution in [-0.4, -0.2) is 17.1 Å². The molecule has 0 heterocycles. The Balaban J connectivity index is 2.12. The maximum absolute atomic E-state index is 12.6. The third kappa shape index (κ3) is 6.68. The second kappa shape index (κ2) is 10.9. The van der Waals surface area contributed by atoms with Crippen LogP contribution >= 0.6 is 0 Å². The number of amides is 2. The van der Waals surface area contributed by atoms with Crippen molar-refractivity contribution in [3.05, 3.63) is 88.6 Å². The molecule has 1 aromatic rings. The molecule has 0 fully saturated rings. The number of benzene rings is 1. The number of hydrogen-bond acceptors (Lipinski definition) is 2. The van der Waals surface area contributed by atoms with E-state index in [2.05, 4.69) is 32.9 Å². The summed E-state index contributed by atoms with van der Waals surface area (Å²) in [6, 6.07) is 6.93. The molecule has 0 saturated carbocycles. The molecule has 32 heavy (non-hydrogen) atoms. The Kier molecular flexibility index (Phi) is 8.59. The quantitative estimate of drug-likeness (QED) is 0.372. The fourth-order valence-corrected chi connectivity index (χ4v) is 4.07. The van der Waals surface area contributed by atoms with E-state index >= 15 is 0 Å². The standard InChI is InChI=1S/C28H35NO3/c1-20(16-17-24-22(3)14-10-18-28(24,5)6)11-9-12-21(2)19-26(30)29(27(31)32)25-15-8-7-13-23(25)4/h7-9,11-13,15-17,19H,10,14,18H2,1-6H3,(H,31,32). The Bertz CT molecular complexity index is 1020. The topological polar surface area (TPSA) is 57.6 Å². The second-order valence-corrected chi connectivity index (χ2v) is 9.17. The molecule has 2 amide bonds. The van der Waals surface area contributed by atoms with Gasteiger partial charge < -0.3 is 5.11 Å². The molecule has 0 aliphatic heterocycles. The third-order valence-corrected chi connectivity index (χ3v) is 5.89. The van der Waals surface area contributed by atoms with Crippen molar-refractivity contribution < 1.29 is 14.7 Å². The van der Waals surface area contributed by atoms with Gasteiger partial charge in [-0.05, 0) is 75.1 Å². The zero-order valence-electron chi connectivity index (χ0n) is 20.1. The number of carbonyl (C=O) groups is 2. The van der Waals surface area contributed by atoms with Crippen molar-refractivity contribution in [1.82, 2.24) is 0 Å². The van der Waals surface area contributed by atoms with Crippen LogP contribution in [-0.2, 0) is 4.79 Å². The average Bonchev–Trinajstić information content (AvgIpc) is 2.68. The average molecular weight is 434 g/mol. The van der Waals surface area contributed by atoms with Crippen molar-refractivity contribution in [3.63, 3.8) is 0 Å². The summed E-state index contributed by atoms with van der Waals surface area (Å²) >= 11 is 0. The van der Waals surface area contributed by atoms with Crippen LogP contribution in [0.1, 0.15) is 59.4 Å². The number of hydrogen-bond donors (Lipinski definition) is 1. The predicted octanol–water partition coefficient (Wildman–Crippen LogP) is 7.54. The summed E-state index contributed by atoms with van der Waals surface area (Å²) in [7, 11) is 0. The highest BCUT2D eigenvalue weighted by molar-refractivity contribution is 6.16. The number of imide groups is 1. The van der Waals surface area contributed by atoms with Gasteiger partial charge in [-0.1, -0.05) is 73.6 Å². The fourth-order valence-electron chi connectivity index (χ4n) is 4.07. The third-order valence-electron chi connectivity index (χ3n) is 5.89. The molecule has 0 saturated heterocycles. The molecular formula is C28H35NO3. The number of aryl methyl sites for hydroxylation is 1. The Morgan fingerprint density at radius 1 is 1.06 bits per heavy atom. The van der Waals surface area contributed by atoms with E-state index in [0.717, 1.165) is 16.0 Å². The Hall–Kier alpha value is -3.14. The molecule has 0 aromatic heterocycles. The highest BCUT2D eigenvalue weighted by atomic mass is 16.4. The Morgan fingerprint density at radius 3 is 2.38 bits per heavy atom. The molecule has 1 aliphatic carbocycles. The molecule has 4 heteroatoms. The zero-order chi connectivity index (χ0) is 23.9. The van der Waals surface area contributed by atoms with E-state index in [9.17, 15) is 14.7 Å². The summed E-state index contributed by atoms with van der Waals surface area (Å²) in [6.45, 7) is 12.4. The SMILES string of the molecule is CC(C=CC1=C(C)CCCC1(C)C)=CC=CC(C)=CC(=O)N(C(=O)O)c1ccccc1C. The van der Waals surface area contributed by atoms with Crippen molar-refractivity contribution in [2.75, 3.05) is 4.90 Å². The number of carbonyl (C=O) groups excluding carboxylic acids is 1. The van der Waals surface area contributed by atoms with E-state index in [4.69, 9.17) is 0 Å². The van der Waals surface area contributed by atoms with Crippen molar-refractivity contribution in [1.29, 1.82) is 0 Å². The lowest BCUT2D eigenvalue weighted by Gasteiger charge is -2.32. The maximum Gasteiger partial charge on any atom is 0.419 e. The van der Waals surface area contributed by atoms with Crippen LogP contribution in [0.25, 0.3) is 0 Å². The lowest BCUT2D eigenvalue weighted by molar-refractivity contribution is -0.113. The first kappa shape index (κ1) is 25.1. The van der Waals surface area contributed by atoms with E-state index in [0.29, 0.717) is 11.3 Å². The molecule has 4 nitrogen and oxygen atoms in total. The van der Waals surface area contributed by atoms with Gasteiger partial charge in [0.1, 0.15) is 0 Å². The smallest absolute Gasteiger partial charge is 0.419 e. The summed E-state index contributed by atoms with van der Waals surface area (Å²) in [6.07, 6.45) is 13.7. The molecule has 0 spiro atoms. The van der Waals surface area contributed by atoms with Gasteiger partial charge in [0.25, 0.3) is 5.91 Å². The van der Waals surface area contributed by atoms with Crippen LogP contribution in [0.15, 0.2) is 83.0 Å². The van der Waals surface area contributed by atoms with Gasteiger partial charge in [0.15, 0.2) is 0 Å². The summed E-state index contributed by atoms with van der Waals surface area (Å²) in [4.78, 5) is 25.1. The molecule has 0 bridgehead atoms. The molecule has 0 atom stereocenters. The number of nitrogens with zero attached hydrogens (tertiary/aromatic N) is 1. The monoisotopic (exact) mass is 433 g/mol. The summed E-state index contributed by atoms with van der Waals surface area (Å²) in [5.74, 6) is -0.587. The number of allylic oxidation sites excluding steroid dienone is 9. The Labute approximate surface area is 192 Å². The van der Waals surface area contributed by atoms with Gasteiger partial charge in [0.2, 0.25) is 0 Å². The van der Waals surface area contributed by atoms with Gasteiger partial charge >= 0.3 is 6.09 Å². The van der Waals surface area contributed by atoms with Gasteiger partial charge in [-0.25, -0.2) is 9.69 Å². The molecule has 1 aromatic carbocycles. The van der Waals surface area contributed by atoms with Gasteiger partial charge in [0, 0.05) is 6.08 Å². The Morgan fingerprint density at radius 2 is 1.75 bits per heavy atom. The van der Waals surface area contributed by atoms with Crippen LogP contribution in [0, 0.1) is 12.3 Å². The molecule has 1 aliphatic rings. The largest absolute Gasteiger partial charge is 0.464 e. The molecule has 170 valence electrons. The van der Waals surface area contributed by atoms with Crippen LogP contribution < -0.4 is 4.90 Å². The second-order valence-electron chi connectivity index (χ2n) is 9.17. The van der Waals surface area contributed by atoms with Gasteiger partial charge in [0.05, 0.1) is 5.69 Å². The van der Waals surface area contributed by atoms with E-state index < -0.39 is 12.0 Å². The van der Waals surface area contributed by atoms with Crippen LogP contribution in [0.3, 0.4) is 0 Å². The van der Waals surface area contributed by atoms with Crippen molar-refractivity contribution in [2.24, 2.45) is 5.41 Å². The highest BCUT2D eigenvalue weighted by Crippen LogP contribution is 2.40. The first-order chi connectivity index (χ1) is 15.0. The van der Waals surface area contributed by atoms with Crippen LogP contribution in [0.5, 0.6) is 0 Å². The summed E-state index contributed by atoms with van der Waals surface area (Å²) in [5, 5.41) is 9.54. The first-order valence-corrected chi connectivity index (χ1v) is 11.1. The van der Waals surface area contributed by atoms with Crippen molar-refractivity contribution >= 4 is 17.7 Å². The minimum absolute atomic E-state index is 0.210. The van der Waals surface area contributed by atoms with E-state index in [-0.39, 0.29) is 5.41 Å².